The van der Waals surface area contributed by atoms with Crippen molar-refractivity contribution in [2.75, 3.05) is 6.61 Å². The van der Waals surface area contributed by atoms with Gasteiger partial charge in [0.2, 0.25) is 0 Å². The number of hydrogen-bond acceptors (Lipinski definition) is 8. The molecule has 33 heavy (non-hydrogen) atoms. The Balaban J connectivity index is 1.90. The van der Waals surface area contributed by atoms with Crippen LogP contribution in [0.1, 0.15) is 59.3 Å². The minimum Gasteiger partial charge on any atom is -0.481 e. The fourth-order valence-electron chi connectivity index (χ4n) is 5.84. The summed E-state index contributed by atoms with van der Waals surface area (Å²) in [6, 6.07) is 0. The zero-order valence-electron chi connectivity index (χ0n) is 19.0. The lowest BCUT2D eigenvalue weighted by Crippen LogP contribution is -2.61. The summed E-state index contributed by atoms with van der Waals surface area (Å²) < 4.78 is 16.7. The first kappa shape index (κ1) is 24.7. The first-order valence-corrected chi connectivity index (χ1v) is 11.1. The molecule has 2 N–H and O–H groups in total. The van der Waals surface area contributed by atoms with Crippen LogP contribution in [0.15, 0.2) is 11.6 Å². The number of allylic oxidation sites excluding steroid dienone is 1. The van der Waals surface area contributed by atoms with E-state index in [1.54, 1.807) is 0 Å². The van der Waals surface area contributed by atoms with Crippen LogP contribution < -0.4 is 0 Å². The third-order valence-corrected chi connectivity index (χ3v) is 7.40. The molecule has 5 atom stereocenters. The number of aliphatic carboxylic acids is 2. The summed E-state index contributed by atoms with van der Waals surface area (Å²) in [5.41, 5.74) is -0.587. The molecule has 2 aliphatic carbocycles. The third kappa shape index (κ3) is 4.89. The molecule has 0 spiro atoms. The summed E-state index contributed by atoms with van der Waals surface area (Å²) in [4.78, 5) is 58.7. The minimum absolute atomic E-state index is 0.0421. The molecular formula is C23H30O10. The van der Waals surface area contributed by atoms with Crippen molar-refractivity contribution < 1.29 is 48.4 Å². The van der Waals surface area contributed by atoms with Gasteiger partial charge in [-0.25, -0.2) is 4.79 Å². The normalized spacial score (nSPS) is 32.0. The third-order valence-electron chi connectivity index (χ3n) is 7.40. The van der Waals surface area contributed by atoms with Gasteiger partial charge in [0, 0.05) is 16.9 Å². The zero-order valence-corrected chi connectivity index (χ0v) is 19.0. The summed E-state index contributed by atoms with van der Waals surface area (Å²) in [5, 5.41) is 17.7. The Labute approximate surface area is 191 Å². The monoisotopic (exact) mass is 466 g/mol. The largest absolute Gasteiger partial charge is 0.481 e. The molecule has 10 heteroatoms. The van der Waals surface area contributed by atoms with Gasteiger partial charge in [-0.05, 0) is 24.2 Å². The molecule has 3 rings (SSSR count). The van der Waals surface area contributed by atoms with Gasteiger partial charge < -0.3 is 24.4 Å². The molecule has 1 heterocycles. The standard InChI is InChI=1S/C23H30O10/c1-22(2)15-5-4-12-13(11-31-21(12)30)23(15,3)10-14(32-18(28)8-6-16(24)25)20(22)33-19(29)9-7-17(26)27/h4,13-15,20H,5-11H2,1-3H3,(H,24,25)(H,26,27)/t13?,14-,15?,20+,23-/m1/s1. The molecule has 1 saturated carbocycles. The Hall–Kier alpha value is -2.91. The van der Waals surface area contributed by atoms with Crippen molar-refractivity contribution in [2.45, 2.75) is 71.5 Å². The van der Waals surface area contributed by atoms with E-state index in [1.165, 1.54) is 0 Å². The Morgan fingerprint density at radius 1 is 1.00 bits per heavy atom. The highest BCUT2D eigenvalue weighted by atomic mass is 16.6. The van der Waals surface area contributed by atoms with Crippen molar-refractivity contribution in [3.8, 4) is 0 Å². The van der Waals surface area contributed by atoms with E-state index in [9.17, 15) is 24.0 Å². The first-order valence-electron chi connectivity index (χ1n) is 11.1. The van der Waals surface area contributed by atoms with Crippen molar-refractivity contribution in [3.63, 3.8) is 0 Å². The molecule has 1 aliphatic heterocycles. The van der Waals surface area contributed by atoms with Crippen molar-refractivity contribution in [2.24, 2.45) is 22.7 Å². The lowest BCUT2D eigenvalue weighted by molar-refractivity contribution is -0.214. The lowest BCUT2D eigenvalue weighted by atomic mass is 9.47. The van der Waals surface area contributed by atoms with Crippen LogP contribution in [0.4, 0.5) is 0 Å². The molecule has 2 unspecified atom stereocenters. The van der Waals surface area contributed by atoms with Gasteiger partial charge in [0.25, 0.3) is 0 Å². The molecule has 0 aromatic rings. The van der Waals surface area contributed by atoms with Crippen LogP contribution in [0.5, 0.6) is 0 Å². The second-order valence-corrected chi connectivity index (χ2v) is 9.86. The molecule has 0 bridgehead atoms. The Bertz CT molecular complexity index is 888. The second kappa shape index (κ2) is 9.15. The topological polar surface area (TPSA) is 154 Å². The van der Waals surface area contributed by atoms with E-state index < -0.39 is 53.3 Å². The molecule has 0 aromatic heterocycles. The molecule has 3 aliphatic rings. The van der Waals surface area contributed by atoms with Crippen LogP contribution in [0.2, 0.25) is 0 Å². The highest BCUT2D eigenvalue weighted by Crippen LogP contribution is 2.61. The van der Waals surface area contributed by atoms with E-state index in [2.05, 4.69) is 0 Å². The molecule has 0 aromatic carbocycles. The Kier molecular flexibility index (Phi) is 6.85. The van der Waals surface area contributed by atoms with Gasteiger partial charge in [0.15, 0.2) is 0 Å². The number of rotatable bonds is 8. The average Bonchev–Trinajstić information content (AvgIpc) is 3.10. The molecule has 10 nitrogen and oxygen atoms in total. The van der Waals surface area contributed by atoms with E-state index in [-0.39, 0.29) is 50.1 Å². The SMILES string of the molecule is CC1(C)C2CC=C3C(=O)OCC3[C@@]2(C)C[C@@H](OC(=O)CCC(=O)O)[C@@H]1OC(=O)CCC(=O)O. The van der Waals surface area contributed by atoms with Gasteiger partial charge in [-0.2, -0.15) is 0 Å². The van der Waals surface area contributed by atoms with E-state index in [0.29, 0.717) is 12.0 Å². The maximum Gasteiger partial charge on any atom is 0.334 e. The number of esters is 3. The predicted octanol–water partition coefficient (Wildman–Crippen LogP) is 2.10. The maximum absolute atomic E-state index is 12.4. The van der Waals surface area contributed by atoms with Crippen molar-refractivity contribution >= 4 is 29.8 Å². The summed E-state index contributed by atoms with van der Waals surface area (Å²) in [6.07, 6.45) is -0.468. The molecular weight excluding hydrogens is 436 g/mol. The van der Waals surface area contributed by atoms with E-state index in [0.717, 1.165) is 0 Å². The molecule has 2 fully saturated rings. The number of carboxylic acid groups (broad SMARTS) is 2. The van der Waals surface area contributed by atoms with Crippen LogP contribution >= 0.6 is 0 Å². The van der Waals surface area contributed by atoms with Crippen molar-refractivity contribution in [1.29, 1.82) is 0 Å². The maximum atomic E-state index is 12.4. The van der Waals surface area contributed by atoms with Crippen molar-refractivity contribution in [3.05, 3.63) is 11.6 Å². The summed E-state index contributed by atoms with van der Waals surface area (Å²) in [7, 11) is 0. The van der Waals surface area contributed by atoms with Gasteiger partial charge >= 0.3 is 29.8 Å². The highest BCUT2D eigenvalue weighted by Gasteiger charge is 2.63. The zero-order chi connectivity index (χ0) is 24.6. The van der Waals surface area contributed by atoms with E-state index >= 15 is 0 Å². The van der Waals surface area contributed by atoms with Crippen LogP contribution in [0.25, 0.3) is 0 Å². The van der Waals surface area contributed by atoms with Gasteiger partial charge in [0.05, 0.1) is 32.3 Å². The minimum atomic E-state index is -1.14. The van der Waals surface area contributed by atoms with Crippen LogP contribution in [0, 0.1) is 22.7 Å². The van der Waals surface area contributed by atoms with Crippen LogP contribution in [-0.2, 0) is 38.2 Å². The van der Waals surface area contributed by atoms with Gasteiger partial charge in [-0.15, -0.1) is 0 Å². The summed E-state index contributed by atoms with van der Waals surface area (Å²) in [5.74, 6) is -4.30. The van der Waals surface area contributed by atoms with Crippen LogP contribution in [-0.4, -0.2) is 58.9 Å². The fourth-order valence-corrected chi connectivity index (χ4v) is 5.84. The summed E-state index contributed by atoms with van der Waals surface area (Å²) in [6.45, 7) is 6.04. The molecule has 0 amide bonds. The number of carboxylic acids is 2. The number of carbonyl (C=O) groups is 5. The number of hydrogen-bond donors (Lipinski definition) is 2. The second-order valence-electron chi connectivity index (χ2n) is 9.86. The Morgan fingerprint density at radius 2 is 1.58 bits per heavy atom. The van der Waals surface area contributed by atoms with Crippen LogP contribution in [0.3, 0.4) is 0 Å². The molecule has 182 valence electrons. The molecule has 0 radical (unpaired) electrons. The number of ether oxygens (including phenoxy) is 3. The fraction of sp³-hybridized carbons (Fsp3) is 0.696. The van der Waals surface area contributed by atoms with Gasteiger partial charge in [0.1, 0.15) is 12.2 Å². The number of fused-ring (bicyclic) bond motifs is 3. The molecule has 1 saturated heterocycles. The van der Waals surface area contributed by atoms with E-state index in [1.807, 2.05) is 26.8 Å². The summed E-state index contributed by atoms with van der Waals surface area (Å²) >= 11 is 0. The van der Waals surface area contributed by atoms with Gasteiger partial charge in [-0.1, -0.05) is 26.8 Å². The average molecular weight is 466 g/mol. The number of carbonyl (C=O) groups excluding carboxylic acids is 3. The quantitative estimate of drug-likeness (QED) is 0.401. The first-order chi connectivity index (χ1) is 15.4. The Morgan fingerprint density at radius 3 is 2.15 bits per heavy atom. The lowest BCUT2D eigenvalue weighted by Gasteiger charge is -2.59. The highest BCUT2D eigenvalue weighted by molar-refractivity contribution is 5.91. The predicted molar refractivity (Wildman–Crippen MR) is 111 cm³/mol. The van der Waals surface area contributed by atoms with Gasteiger partial charge in [-0.3, -0.25) is 19.2 Å². The number of cyclic esters (lactones) is 1. The van der Waals surface area contributed by atoms with E-state index in [4.69, 9.17) is 24.4 Å². The van der Waals surface area contributed by atoms with Crippen molar-refractivity contribution in [1.82, 2.24) is 0 Å². The smallest absolute Gasteiger partial charge is 0.334 e.